The summed E-state index contributed by atoms with van der Waals surface area (Å²) < 4.78 is 51.7. The highest BCUT2D eigenvalue weighted by Crippen LogP contribution is 2.38. The van der Waals surface area contributed by atoms with Crippen LogP contribution in [0.25, 0.3) is 11.5 Å². The van der Waals surface area contributed by atoms with Gasteiger partial charge in [0.05, 0.1) is 33.0 Å². The minimum absolute atomic E-state index is 0.0428. The Morgan fingerprint density at radius 3 is 2.18 bits per heavy atom. The number of esters is 2. The SMILES string of the molecule is CCOC(=O)c1sc(NC(=O)CS(=O)(=O)c2nnc(-c3c(OC)cccc3OC)o2)c(C(=O)OCC)c1C. The summed E-state index contributed by atoms with van der Waals surface area (Å²) in [5.41, 5.74) is 0.391. The molecule has 1 aromatic carbocycles. The van der Waals surface area contributed by atoms with Crippen molar-refractivity contribution in [2.24, 2.45) is 0 Å². The highest BCUT2D eigenvalue weighted by molar-refractivity contribution is 7.91. The Kier molecular flexibility index (Phi) is 9.06. The van der Waals surface area contributed by atoms with E-state index in [1.165, 1.54) is 21.1 Å². The maximum atomic E-state index is 12.9. The van der Waals surface area contributed by atoms with E-state index in [0.717, 1.165) is 11.3 Å². The number of hydrogen-bond donors (Lipinski definition) is 1. The summed E-state index contributed by atoms with van der Waals surface area (Å²) in [5.74, 6) is -3.19. The van der Waals surface area contributed by atoms with Crippen LogP contribution >= 0.6 is 11.3 Å². The molecule has 0 spiro atoms. The van der Waals surface area contributed by atoms with Gasteiger partial charge in [0, 0.05) is 0 Å². The van der Waals surface area contributed by atoms with E-state index in [2.05, 4.69) is 15.5 Å². The van der Waals surface area contributed by atoms with E-state index < -0.39 is 38.7 Å². The number of anilines is 1. The lowest BCUT2D eigenvalue weighted by atomic mass is 10.1. The van der Waals surface area contributed by atoms with Gasteiger partial charge in [0.2, 0.25) is 15.7 Å². The lowest BCUT2D eigenvalue weighted by Crippen LogP contribution is -2.24. The minimum Gasteiger partial charge on any atom is -0.496 e. The Bertz CT molecular complexity index is 1440. The predicted molar refractivity (Wildman–Crippen MR) is 134 cm³/mol. The first-order valence-corrected chi connectivity index (χ1v) is 13.6. The second kappa shape index (κ2) is 12.0. The first kappa shape index (κ1) is 28.6. The summed E-state index contributed by atoms with van der Waals surface area (Å²) in [4.78, 5) is 37.6. The van der Waals surface area contributed by atoms with Gasteiger partial charge in [0.25, 0.3) is 5.89 Å². The van der Waals surface area contributed by atoms with Crippen molar-refractivity contribution in [3.8, 4) is 23.0 Å². The lowest BCUT2D eigenvalue weighted by Gasteiger charge is -2.09. The molecule has 13 nitrogen and oxygen atoms in total. The van der Waals surface area contributed by atoms with Crippen molar-refractivity contribution in [3.05, 3.63) is 34.2 Å². The van der Waals surface area contributed by atoms with Crippen molar-refractivity contribution in [1.29, 1.82) is 0 Å². The van der Waals surface area contributed by atoms with E-state index >= 15 is 0 Å². The molecule has 204 valence electrons. The predicted octanol–water partition coefficient (Wildman–Crippen LogP) is 2.89. The van der Waals surface area contributed by atoms with E-state index in [0.29, 0.717) is 11.5 Å². The first-order chi connectivity index (χ1) is 18.1. The Hall–Kier alpha value is -3.98. The Morgan fingerprint density at radius 2 is 1.61 bits per heavy atom. The fourth-order valence-electron chi connectivity index (χ4n) is 3.34. The van der Waals surface area contributed by atoms with Gasteiger partial charge in [0.1, 0.15) is 32.7 Å². The first-order valence-electron chi connectivity index (χ1n) is 11.1. The highest BCUT2D eigenvalue weighted by Gasteiger charge is 2.31. The zero-order chi connectivity index (χ0) is 28.0. The third kappa shape index (κ3) is 5.94. The van der Waals surface area contributed by atoms with Crippen LogP contribution in [0.2, 0.25) is 0 Å². The van der Waals surface area contributed by atoms with Crippen LogP contribution in [0.1, 0.15) is 39.4 Å². The Labute approximate surface area is 222 Å². The van der Waals surface area contributed by atoms with Crippen LogP contribution in [-0.4, -0.2) is 69.6 Å². The second-order valence-corrected chi connectivity index (χ2v) is 10.3. The molecular formula is C23H25N3O10S2. The lowest BCUT2D eigenvalue weighted by molar-refractivity contribution is -0.113. The van der Waals surface area contributed by atoms with Gasteiger partial charge in [-0.1, -0.05) is 11.2 Å². The standard InChI is InChI=1S/C23H25N3O10S2/c1-6-34-21(28)16-12(3)18(22(29)35-7-2)37-20(16)24-15(27)11-38(30,31)23-26-25-19(36-23)17-13(32-4)9-8-10-14(17)33-5/h8-10H,6-7,11H2,1-5H3,(H,24,27). The molecule has 0 unspecified atom stereocenters. The molecule has 0 aliphatic rings. The summed E-state index contributed by atoms with van der Waals surface area (Å²) in [6, 6.07) is 4.85. The number of sulfone groups is 1. The topological polar surface area (TPSA) is 173 Å². The van der Waals surface area contributed by atoms with Gasteiger partial charge in [-0.05, 0) is 38.5 Å². The zero-order valence-corrected chi connectivity index (χ0v) is 22.8. The molecule has 3 rings (SSSR count). The summed E-state index contributed by atoms with van der Waals surface area (Å²) in [7, 11) is -1.61. The van der Waals surface area contributed by atoms with Gasteiger partial charge in [-0.15, -0.1) is 16.4 Å². The van der Waals surface area contributed by atoms with Gasteiger partial charge >= 0.3 is 17.2 Å². The van der Waals surface area contributed by atoms with Crippen LogP contribution < -0.4 is 14.8 Å². The van der Waals surface area contributed by atoms with E-state index in [9.17, 15) is 22.8 Å². The number of nitrogens with zero attached hydrogens (tertiary/aromatic N) is 2. The van der Waals surface area contributed by atoms with Crippen molar-refractivity contribution in [2.45, 2.75) is 26.0 Å². The average Bonchev–Trinajstić information content (AvgIpc) is 3.49. The summed E-state index contributed by atoms with van der Waals surface area (Å²) in [6.45, 7) is 4.84. The number of ether oxygens (including phenoxy) is 4. The molecule has 2 heterocycles. The molecule has 1 amide bonds. The highest BCUT2D eigenvalue weighted by atomic mass is 32.2. The van der Waals surface area contributed by atoms with Crippen molar-refractivity contribution < 1.29 is 46.2 Å². The molecule has 0 aliphatic carbocycles. The fraction of sp³-hybridized carbons (Fsp3) is 0.348. The molecule has 0 saturated heterocycles. The number of aromatic nitrogens is 2. The van der Waals surface area contributed by atoms with Gasteiger partial charge in [-0.25, -0.2) is 18.0 Å². The van der Waals surface area contributed by atoms with E-state index in [-0.39, 0.29) is 45.7 Å². The summed E-state index contributed by atoms with van der Waals surface area (Å²) in [5, 5.41) is 8.85. The fourth-order valence-corrected chi connectivity index (χ4v) is 5.35. The quantitative estimate of drug-likeness (QED) is 0.336. The number of nitrogens with one attached hydrogen (secondary N) is 1. The number of methoxy groups -OCH3 is 2. The van der Waals surface area contributed by atoms with Crippen molar-refractivity contribution >= 4 is 44.0 Å². The number of benzene rings is 1. The number of thiophene rings is 1. The summed E-state index contributed by atoms with van der Waals surface area (Å²) in [6.07, 6.45) is 0. The van der Waals surface area contributed by atoms with E-state index in [1.54, 1.807) is 32.0 Å². The number of hydrogen-bond acceptors (Lipinski definition) is 13. The molecule has 2 aromatic heterocycles. The molecular weight excluding hydrogens is 542 g/mol. The summed E-state index contributed by atoms with van der Waals surface area (Å²) >= 11 is 0.767. The van der Waals surface area contributed by atoms with Crippen LogP contribution in [0, 0.1) is 6.92 Å². The van der Waals surface area contributed by atoms with Crippen molar-refractivity contribution in [2.75, 3.05) is 38.5 Å². The minimum atomic E-state index is -4.41. The molecule has 38 heavy (non-hydrogen) atoms. The maximum absolute atomic E-state index is 12.9. The van der Waals surface area contributed by atoms with Crippen LogP contribution in [-0.2, 0) is 24.1 Å². The van der Waals surface area contributed by atoms with E-state index in [1.807, 2.05) is 0 Å². The van der Waals surface area contributed by atoms with Gasteiger partial charge in [0.15, 0.2) is 0 Å². The Balaban J connectivity index is 1.88. The molecule has 15 heteroatoms. The maximum Gasteiger partial charge on any atom is 0.348 e. The smallest absolute Gasteiger partial charge is 0.348 e. The third-order valence-corrected chi connectivity index (χ3v) is 7.50. The van der Waals surface area contributed by atoms with Crippen molar-refractivity contribution in [3.63, 3.8) is 0 Å². The average molecular weight is 568 g/mol. The molecule has 0 radical (unpaired) electrons. The largest absolute Gasteiger partial charge is 0.496 e. The number of carbonyl (C=O) groups is 3. The third-order valence-electron chi connectivity index (χ3n) is 4.98. The second-order valence-electron chi connectivity index (χ2n) is 7.42. The number of rotatable bonds is 11. The molecule has 0 atom stereocenters. The van der Waals surface area contributed by atoms with Gasteiger partial charge < -0.3 is 28.7 Å². The molecule has 0 bridgehead atoms. The molecule has 0 aliphatic heterocycles. The van der Waals surface area contributed by atoms with Crippen LogP contribution in [0.5, 0.6) is 11.5 Å². The van der Waals surface area contributed by atoms with Crippen LogP contribution in [0.4, 0.5) is 5.00 Å². The number of amides is 1. The molecule has 1 N–H and O–H groups in total. The van der Waals surface area contributed by atoms with E-state index in [4.69, 9.17) is 23.4 Å². The molecule has 0 fully saturated rings. The van der Waals surface area contributed by atoms with Gasteiger partial charge in [-0.3, -0.25) is 4.79 Å². The molecule has 3 aromatic rings. The van der Waals surface area contributed by atoms with Gasteiger partial charge in [-0.2, -0.15) is 0 Å². The van der Waals surface area contributed by atoms with Crippen LogP contribution in [0.15, 0.2) is 27.8 Å². The normalized spacial score (nSPS) is 11.1. The van der Waals surface area contributed by atoms with Crippen molar-refractivity contribution in [1.82, 2.24) is 10.2 Å². The van der Waals surface area contributed by atoms with Crippen LogP contribution in [0.3, 0.4) is 0 Å². The Morgan fingerprint density at radius 1 is 1.00 bits per heavy atom. The number of carbonyl (C=O) groups excluding carboxylic acids is 3. The monoisotopic (exact) mass is 567 g/mol. The molecule has 0 saturated carbocycles. The zero-order valence-electron chi connectivity index (χ0n) is 21.1.